The van der Waals surface area contributed by atoms with Gasteiger partial charge in [0.2, 0.25) is 0 Å². The molecule has 0 fully saturated rings. The van der Waals surface area contributed by atoms with Crippen molar-refractivity contribution in [3.05, 3.63) is 35.4 Å². The lowest BCUT2D eigenvalue weighted by atomic mass is 9.87. The summed E-state index contributed by atoms with van der Waals surface area (Å²) >= 11 is 0. The van der Waals surface area contributed by atoms with Crippen LogP contribution in [0.2, 0.25) is 0 Å². The number of methoxy groups -OCH3 is 1. The summed E-state index contributed by atoms with van der Waals surface area (Å²) in [6.45, 7) is 11.3. The van der Waals surface area contributed by atoms with E-state index in [4.69, 9.17) is 4.74 Å². The highest BCUT2D eigenvalue weighted by atomic mass is 16.5. The van der Waals surface area contributed by atoms with Crippen LogP contribution < -0.4 is 10.6 Å². The van der Waals surface area contributed by atoms with Gasteiger partial charge in [0, 0.05) is 33.3 Å². The van der Waals surface area contributed by atoms with Gasteiger partial charge in [-0.05, 0) is 16.5 Å². The van der Waals surface area contributed by atoms with E-state index in [1.54, 1.807) is 7.11 Å². The largest absolute Gasteiger partial charge is 0.383 e. The average molecular weight is 264 g/mol. The fraction of sp³-hybridized carbons (Fsp3) is 0.625. The van der Waals surface area contributed by atoms with Crippen LogP contribution in [0.3, 0.4) is 0 Å². The molecule has 108 valence electrons. The van der Waals surface area contributed by atoms with E-state index in [1.165, 1.54) is 11.1 Å². The Morgan fingerprint density at radius 1 is 0.947 bits per heavy atom. The van der Waals surface area contributed by atoms with Gasteiger partial charge in [-0.2, -0.15) is 0 Å². The molecule has 0 heterocycles. The number of hydrogen-bond acceptors (Lipinski definition) is 3. The van der Waals surface area contributed by atoms with Crippen LogP contribution in [0.1, 0.15) is 31.9 Å². The Kier molecular flexibility index (Phi) is 7.06. The van der Waals surface area contributed by atoms with Crippen LogP contribution in [-0.2, 0) is 16.7 Å². The molecule has 3 nitrogen and oxygen atoms in total. The first-order valence-electron chi connectivity index (χ1n) is 7.04. The third-order valence-corrected chi connectivity index (χ3v) is 3.11. The lowest BCUT2D eigenvalue weighted by Gasteiger charge is -2.19. The second kappa shape index (κ2) is 8.31. The van der Waals surface area contributed by atoms with E-state index >= 15 is 0 Å². The van der Waals surface area contributed by atoms with Crippen LogP contribution in [0.25, 0.3) is 0 Å². The van der Waals surface area contributed by atoms with E-state index in [2.05, 4.69) is 55.7 Å². The number of hydrogen-bond donors (Lipinski definition) is 2. The highest BCUT2D eigenvalue weighted by molar-refractivity contribution is 5.27. The predicted molar refractivity (Wildman–Crippen MR) is 81.6 cm³/mol. The van der Waals surface area contributed by atoms with Crippen LogP contribution >= 0.6 is 0 Å². The molecular weight excluding hydrogens is 236 g/mol. The number of rotatable bonds is 8. The first-order chi connectivity index (χ1) is 9.04. The molecule has 0 atom stereocenters. The van der Waals surface area contributed by atoms with Gasteiger partial charge in [-0.15, -0.1) is 0 Å². The van der Waals surface area contributed by atoms with Crippen LogP contribution in [0.15, 0.2) is 24.3 Å². The molecule has 1 aromatic carbocycles. The molecule has 0 aliphatic carbocycles. The first-order valence-corrected chi connectivity index (χ1v) is 7.04. The molecule has 0 saturated carbocycles. The summed E-state index contributed by atoms with van der Waals surface area (Å²) in [5.74, 6) is 0. The summed E-state index contributed by atoms with van der Waals surface area (Å²) in [4.78, 5) is 0. The molecule has 0 spiro atoms. The summed E-state index contributed by atoms with van der Waals surface area (Å²) in [6, 6.07) is 8.89. The van der Waals surface area contributed by atoms with Crippen LogP contribution in [0.4, 0.5) is 0 Å². The van der Waals surface area contributed by atoms with Crippen LogP contribution in [0.5, 0.6) is 0 Å². The minimum absolute atomic E-state index is 0.233. The van der Waals surface area contributed by atoms with Gasteiger partial charge < -0.3 is 15.4 Å². The molecule has 0 unspecified atom stereocenters. The highest BCUT2D eigenvalue weighted by Gasteiger charge is 2.12. The highest BCUT2D eigenvalue weighted by Crippen LogP contribution is 2.21. The zero-order chi connectivity index (χ0) is 14.1. The number of ether oxygens (including phenoxy) is 1. The van der Waals surface area contributed by atoms with E-state index in [-0.39, 0.29) is 5.41 Å². The molecule has 0 bridgehead atoms. The smallest absolute Gasteiger partial charge is 0.0587 e. The second-order valence-corrected chi connectivity index (χ2v) is 5.87. The third-order valence-electron chi connectivity index (χ3n) is 3.11. The summed E-state index contributed by atoms with van der Waals surface area (Å²) in [5, 5.41) is 6.75. The van der Waals surface area contributed by atoms with Gasteiger partial charge in [0.15, 0.2) is 0 Å². The summed E-state index contributed by atoms with van der Waals surface area (Å²) in [5.41, 5.74) is 2.96. The fourth-order valence-electron chi connectivity index (χ4n) is 1.83. The standard InChI is InChI=1S/C16H28N2O/c1-16(2,3)15-7-5-14(6-8-15)13-18-10-9-17-11-12-19-4/h5-8,17-18H,9-13H2,1-4H3. The van der Waals surface area contributed by atoms with E-state index in [0.717, 1.165) is 32.8 Å². The van der Waals surface area contributed by atoms with Gasteiger partial charge in [-0.25, -0.2) is 0 Å². The van der Waals surface area contributed by atoms with Gasteiger partial charge in [-0.1, -0.05) is 45.0 Å². The fourth-order valence-corrected chi connectivity index (χ4v) is 1.83. The van der Waals surface area contributed by atoms with Crippen molar-refractivity contribution in [3.8, 4) is 0 Å². The maximum Gasteiger partial charge on any atom is 0.0587 e. The SMILES string of the molecule is COCCNCCNCc1ccc(C(C)(C)C)cc1. The Bertz CT molecular complexity index is 341. The number of benzene rings is 1. The minimum atomic E-state index is 0.233. The Balaban J connectivity index is 2.20. The van der Waals surface area contributed by atoms with E-state index in [1.807, 2.05) is 0 Å². The topological polar surface area (TPSA) is 33.3 Å². The molecule has 19 heavy (non-hydrogen) atoms. The normalized spacial score (nSPS) is 11.8. The summed E-state index contributed by atoms with van der Waals surface area (Å²) < 4.78 is 4.97. The molecule has 0 radical (unpaired) electrons. The molecule has 1 aromatic rings. The third kappa shape index (κ3) is 6.71. The Hall–Kier alpha value is -0.900. The van der Waals surface area contributed by atoms with Crippen molar-refractivity contribution < 1.29 is 4.74 Å². The first kappa shape index (κ1) is 16.2. The van der Waals surface area contributed by atoms with Gasteiger partial charge >= 0.3 is 0 Å². The van der Waals surface area contributed by atoms with Crippen molar-refractivity contribution in [2.75, 3.05) is 33.4 Å². The van der Waals surface area contributed by atoms with Crippen molar-refractivity contribution >= 4 is 0 Å². The molecule has 0 aliphatic heterocycles. The Morgan fingerprint density at radius 3 is 2.16 bits per heavy atom. The zero-order valence-corrected chi connectivity index (χ0v) is 12.8. The molecule has 0 saturated heterocycles. The predicted octanol–water partition coefficient (Wildman–Crippen LogP) is 2.31. The van der Waals surface area contributed by atoms with E-state index in [0.29, 0.717) is 0 Å². The quantitative estimate of drug-likeness (QED) is 0.707. The van der Waals surface area contributed by atoms with Crippen molar-refractivity contribution in [2.45, 2.75) is 32.7 Å². The van der Waals surface area contributed by atoms with Crippen molar-refractivity contribution in [1.29, 1.82) is 0 Å². The van der Waals surface area contributed by atoms with Crippen molar-refractivity contribution in [2.24, 2.45) is 0 Å². The van der Waals surface area contributed by atoms with Gasteiger partial charge in [0.1, 0.15) is 0 Å². The molecule has 2 N–H and O–H groups in total. The maximum atomic E-state index is 4.97. The van der Waals surface area contributed by atoms with Gasteiger partial charge in [0.25, 0.3) is 0 Å². The second-order valence-electron chi connectivity index (χ2n) is 5.87. The van der Waals surface area contributed by atoms with Crippen LogP contribution in [0, 0.1) is 0 Å². The van der Waals surface area contributed by atoms with E-state index in [9.17, 15) is 0 Å². The maximum absolute atomic E-state index is 4.97. The van der Waals surface area contributed by atoms with Crippen molar-refractivity contribution in [3.63, 3.8) is 0 Å². The molecular formula is C16H28N2O. The molecule has 0 amide bonds. The average Bonchev–Trinajstić information content (AvgIpc) is 2.37. The zero-order valence-electron chi connectivity index (χ0n) is 12.8. The Labute approximate surface area is 117 Å². The summed E-state index contributed by atoms with van der Waals surface area (Å²) in [6.07, 6.45) is 0. The van der Waals surface area contributed by atoms with Gasteiger partial charge in [-0.3, -0.25) is 0 Å². The van der Waals surface area contributed by atoms with E-state index < -0.39 is 0 Å². The Morgan fingerprint density at radius 2 is 1.58 bits per heavy atom. The summed E-state index contributed by atoms with van der Waals surface area (Å²) in [7, 11) is 1.72. The molecule has 3 heteroatoms. The van der Waals surface area contributed by atoms with Crippen LogP contribution in [-0.4, -0.2) is 33.4 Å². The lowest BCUT2D eigenvalue weighted by molar-refractivity contribution is 0.199. The minimum Gasteiger partial charge on any atom is -0.383 e. The monoisotopic (exact) mass is 264 g/mol. The molecule has 0 aromatic heterocycles. The number of nitrogens with one attached hydrogen (secondary N) is 2. The van der Waals surface area contributed by atoms with Gasteiger partial charge in [0.05, 0.1) is 6.61 Å². The molecule has 0 aliphatic rings. The molecule has 1 rings (SSSR count). The van der Waals surface area contributed by atoms with Crippen molar-refractivity contribution in [1.82, 2.24) is 10.6 Å². The lowest BCUT2D eigenvalue weighted by Crippen LogP contribution is -2.29.